The maximum atomic E-state index is 9.52. The molecule has 1 aromatic carbocycles. The minimum absolute atomic E-state index is 0.200. The molecule has 0 aliphatic carbocycles. The standard InChI is InChI=1S/C16H27NO3/c17-13-14(18)9-5-3-1-2-4-8-12-20-16-11-7-6-10-15(16)19/h6-7,10-11,14,18-19H,1-5,8-9,12-13,17H2. The first kappa shape index (κ1) is 16.8. The third kappa shape index (κ3) is 7.36. The number of hydrogen-bond donors (Lipinski definition) is 3. The number of aliphatic hydroxyl groups excluding tert-OH is 1. The van der Waals surface area contributed by atoms with Gasteiger partial charge in [0.2, 0.25) is 0 Å². The third-order valence-corrected chi connectivity index (χ3v) is 3.33. The van der Waals surface area contributed by atoms with Gasteiger partial charge in [0, 0.05) is 6.54 Å². The number of ether oxygens (including phenoxy) is 1. The zero-order valence-corrected chi connectivity index (χ0v) is 12.1. The Balaban J connectivity index is 1.92. The van der Waals surface area contributed by atoms with Crippen LogP contribution in [0.2, 0.25) is 0 Å². The van der Waals surface area contributed by atoms with Crippen LogP contribution in [0.4, 0.5) is 0 Å². The smallest absolute Gasteiger partial charge is 0.160 e. The topological polar surface area (TPSA) is 75.7 Å². The van der Waals surface area contributed by atoms with Crippen LogP contribution in [-0.4, -0.2) is 29.5 Å². The summed E-state index contributed by atoms with van der Waals surface area (Å²) in [6, 6.07) is 7.04. The summed E-state index contributed by atoms with van der Waals surface area (Å²) in [7, 11) is 0. The number of aliphatic hydroxyl groups is 1. The Bertz CT molecular complexity index is 357. The molecule has 0 fully saturated rings. The molecule has 4 N–H and O–H groups in total. The van der Waals surface area contributed by atoms with Gasteiger partial charge in [-0.15, -0.1) is 0 Å². The largest absolute Gasteiger partial charge is 0.504 e. The van der Waals surface area contributed by atoms with Crippen LogP contribution >= 0.6 is 0 Å². The Morgan fingerprint density at radius 2 is 1.65 bits per heavy atom. The predicted molar refractivity (Wildman–Crippen MR) is 81.0 cm³/mol. The van der Waals surface area contributed by atoms with E-state index in [9.17, 15) is 10.2 Å². The summed E-state index contributed by atoms with van der Waals surface area (Å²) in [5, 5.41) is 18.8. The molecule has 0 radical (unpaired) electrons. The average Bonchev–Trinajstić information content (AvgIpc) is 2.47. The average molecular weight is 281 g/mol. The molecule has 0 saturated heterocycles. The second-order valence-corrected chi connectivity index (χ2v) is 5.12. The van der Waals surface area contributed by atoms with Crippen LogP contribution in [0.5, 0.6) is 11.5 Å². The molecule has 1 unspecified atom stereocenters. The van der Waals surface area contributed by atoms with E-state index < -0.39 is 0 Å². The van der Waals surface area contributed by atoms with E-state index in [4.69, 9.17) is 10.5 Å². The quantitative estimate of drug-likeness (QED) is 0.545. The van der Waals surface area contributed by atoms with Crippen molar-refractivity contribution in [2.75, 3.05) is 13.2 Å². The number of nitrogens with two attached hydrogens (primary N) is 1. The molecule has 0 aliphatic heterocycles. The number of para-hydroxylation sites is 2. The zero-order chi connectivity index (χ0) is 14.6. The number of phenols is 1. The zero-order valence-electron chi connectivity index (χ0n) is 12.1. The first-order valence-electron chi connectivity index (χ1n) is 7.53. The lowest BCUT2D eigenvalue weighted by molar-refractivity contribution is 0.168. The predicted octanol–water partition coefficient (Wildman–Crippen LogP) is 2.82. The van der Waals surface area contributed by atoms with Crippen molar-refractivity contribution >= 4 is 0 Å². The van der Waals surface area contributed by atoms with Crippen molar-refractivity contribution in [1.82, 2.24) is 0 Å². The SMILES string of the molecule is NCC(O)CCCCCCCCOc1ccccc1O. The van der Waals surface area contributed by atoms with E-state index in [1.807, 2.05) is 6.07 Å². The van der Waals surface area contributed by atoms with Crippen LogP contribution in [-0.2, 0) is 0 Å². The second kappa shape index (κ2) is 10.5. The first-order chi connectivity index (χ1) is 9.74. The molecule has 1 aromatic rings. The Labute approximate surface area is 121 Å². The lowest BCUT2D eigenvalue weighted by Crippen LogP contribution is -2.19. The highest BCUT2D eigenvalue weighted by Crippen LogP contribution is 2.24. The highest BCUT2D eigenvalue weighted by molar-refractivity contribution is 5.37. The summed E-state index contributed by atoms with van der Waals surface area (Å²) in [4.78, 5) is 0. The van der Waals surface area contributed by atoms with Gasteiger partial charge in [-0.1, -0.05) is 44.2 Å². The van der Waals surface area contributed by atoms with E-state index in [2.05, 4.69) is 0 Å². The summed E-state index contributed by atoms with van der Waals surface area (Å²) in [6.07, 6.45) is 7.18. The number of aromatic hydroxyl groups is 1. The summed E-state index contributed by atoms with van der Waals surface area (Å²) < 4.78 is 5.51. The minimum atomic E-state index is -0.332. The first-order valence-corrected chi connectivity index (χ1v) is 7.53. The Hall–Kier alpha value is -1.26. The van der Waals surface area contributed by atoms with Crippen molar-refractivity contribution in [3.05, 3.63) is 24.3 Å². The molecule has 0 saturated carbocycles. The third-order valence-electron chi connectivity index (χ3n) is 3.33. The van der Waals surface area contributed by atoms with Gasteiger partial charge in [0.25, 0.3) is 0 Å². The molecule has 1 atom stereocenters. The molecule has 0 aliphatic rings. The molecule has 0 bridgehead atoms. The lowest BCUT2D eigenvalue weighted by Gasteiger charge is -2.08. The molecule has 0 aromatic heterocycles. The molecule has 114 valence electrons. The fourth-order valence-corrected chi connectivity index (χ4v) is 2.07. The van der Waals surface area contributed by atoms with Crippen LogP contribution in [0.25, 0.3) is 0 Å². The summed E-state index contributed by atoms with van der Waals surface area (Å²) in [5.74, 6) is 0.759. The van der Waals surface area contributed by atoms with Gasteiger partial charge in [0.05, 0.1) is 12.7 Å². The molecule has 1 rings (SSSR count). The number of benzene rings is 1. The van der Waals surface area contributed by atoms with Crippen molar-refractivity contribution in [1.29, 1.82) is 0 Å². The van der Waals surface area contributed by atoms with E-state index in [1.165, 1.54) is 12.8 Å². The molecule has 4 heteroatoms. The van der Waals surface area contributed by atoms with E-state index in [-0.39, 0.29) is 11.9 Å². The lowest BCUT2D eigenvalue weighted by atomic mass is 10.1. The molecule has 0 heterocycles. The molecule has 0 amide bonds. The van der Waals surface area contributed by atoms with Crippen LogP contribution in [0.1, 0.15) is 44.9 Å². The van der Waals surface area contributed by atoms with Gasteiger partial charge in [-0.2, -0.15) is 0 Å². The van der Waals surface area contributed by atoms with Crippen LogP contribution in [0.3, 0.4) is 0 Å². The van der Waals surface area contributed by atoms with Crippen LogP contribution in [0.15, 0.2) is 24.3 Å². The number of rotatable bonds is 11. The number of hydrogen-bond acceptors (Lipinski definition) is 4. The summed E-state index contributed by atoms with van der Waals surface area (Å²) >= 11 is 0. The maximum Gasteiger partial charge on any atom is 0.160 e. The van der Waals surface area contributed by atoms with Gasteiger partial charge >= 0.3 is 0 Å². The molecular formula is C16H27NO3. The monoisotopic (exact) mass is 281 g/mol. The van der Waals surface area contributed by atoms with Gasteiger partial charge < -0.3 is 20.7 Å². The summed E-state index contributed by atoms with van der Waals surface area (Å²) in [5.41, 5.74) is 5.34. The fourth-order valence-electron chi connectivity index (χ4n) is 2.07. The van der Waals surface area contributed by atoms with Gasteiger partial charge in [0.1, 0.15) is 0 Å². The highest BCUT2D eigenvalue weighted by Gasteiger charge is 2.01. The normalized spacial score (nSPS) is 12.3. The highest BCUT2D eigenvalue weighted by atomic mass is 16.5. The minimum Gasteiger partial charge on any atom is -0.504 e. The van der Waals surface area contributed by atoms with Gasteiger partial charge in [-0.3, -0.25) is 0 Å². The molecular weight excluding hydrogens is 254 g/mol. The van der Waals surface area contributed by atoms with Crippen molar-refractivity contribution < 1.29 is 14.9 Å². The van der Waals surface area contributed by atoms with E-state index >= 15 is 0 Å². The summed E-state index contributed by atoms with van der Waals surface area (Å²) in [6.45, 7) is 1.01. The maximum absolute atomic E-state index is 9.52. The molecule has 4 nitrogen and oxygen atoms in total. The molecule has 20 heavy (non-hydrogen) atoms. The Morgan fingerprint density at radius 3 is 2.35 bits per heavy atom. The number of unbranched alkanes of at least 4 members (excludes halogenated alkanes) is 5. The van der Waals surface area contributed by atoms with E-state index in [0.717, 1.165) is 32.1 Å². The number of phenolic OH excluding ortho intramolecular Hbond substituents is 1. The van der Waals surface area contributed by atoms with E-state index in [1.54, 1.807) is 18.2 Å². The fraction of sp³-hybridized carbons (Fsp3) is 0.625. The van der Waals surface area contributed by atoms with Crippen molar-refractivity contribution in [2.24, 2.45) is 5.73 Å². The van der Waals surface area contributed by atoms with Crippen molar-refractivity contribution in [3.8, 4) is 11.5 Å². The Kier molecular flexibility index (Phi) is 8.83. The van der Waals surface area contributed by atoms with Gasteiger partial charge in [0.15, 0.2) is 11.5 Å². The van der Waals surface area contributed by atoms with Crippen molar-refractivity contribution in [2.45, 2.75) is 51.0 Å². The Morgan fingerprint density at radius 1 is 1.00 bits per heavy atom. The van der Waals surface area contributed by atoms with Crippen molar-refractivity contribution in [3.63, 3.8) is 0 Å². The van der Waals surface area contributed by atoms with Gasteiger partial charge in [-0.25, -0.2) is 0 Å². The van der Waals surface area contributed by atoms with E-state index in [0.29, 0.717) is 18.9 Å². The van der Waals surface area contributed by atoms with Gasteiger partial charge in [-0.05, 0) is 25.0 Å². The molecule has 0 spiro atoms. The van der Waals surface area contributed by atoms with Crippen LogP contribution in [0, 0.1) is 0 Å². The van der Waals surface area contributed by atoms with Crippen LogP contribution < -0.4 is 10.5 Å². The second-order valence-electron chi connectivity index (χ2n) is 5.12.